The molecule has 0 fully saturated rings. The predicted molar refractivity (Wildman–Crippen MR) is 94.6 cm³/mol. The van der Waals surface area contributed by atoms with Crippen molar-refractivity contribution in [2.75, 3.05) is 0 Å². The highest BCUT2D eigenvalue weighted by atomic mass is 32.1. The molecule has 0 saturated heterocycles. The van der Waals surface area contributed by atoms with Crippen molar-refractivity contribution in [3.05, 3.63) is 21.9 Å². The summed E-state index contributed by atoms with van der Waals surface area (Å²) in [7, 11) is 0.117. The van der Waals surface area contributed by atoms with Crippen molar-refractivity contribution in [2.45, 2.75) is 40.5 Å². The van der Waals surface area contributed by atoms with Crippen molar-refractivity contribution >= 4 is 50.2 Å². The highest BCUT2D eigenvalue weighted by molar-refractivity contribution is 7.39. The van der Waals surface area contributed by atoms with Gasteiger partial charge in [0.2, 0.25) is 0 Å². The van der Waals surface area contributed by atoms with Gasteiger partial charge >= 0.3 is 0 Å². The number of rotatable bonds is 6. The Balaban J connectivity index is 2.45. The molecule has 0 aliphatic heterocycles. The van der Waals surface area contributed by atoms with Crippen LogP contribution in [0.2, 0.25) is 0 Å². The number of hydrogen-bond donors (Lipinski definition) is 0. The van der Waals surface area contributed by atoms with E-state index >= 15 is 0 Å². The second kappa shape index (κ2) is 6.79. The Kier molecular flexibility index (Phi) is 5.48. The zero-order chi connectivity index (χ0) is 15.6. The van der Waals surface area contributed by atoms with Crippen molar-refractivity contribution in [1.29, 1.82) is 0 Å². The Labute approximate surface area is 137 Å². The van der Waals surface area contributed by atoms with E-state index in [1.54, 1.807) is 22.7 Å². The first kappa shape index (κ1) is 17.0. The lowest BCUT2D eigenvalue weighted by atomic mass is 9.86. The average Bonchev–Trinajstić information content (AvgIpc) is 3.01. The SMILES string of the molecule is CCC(C)(C)Cc1sc(-c2sc(C)cc2P=O)cc1P=O. The van der Waals surface area contributed by atoms with Gasteiger partial charge in [-0.3, -0.25) is 9.13 Å². The molecule has 0 aliphatic rings. The molecule has 0 amide bonds. The maximum Gasteiger partial charge on any atom is 0.193 e. The molecule has 112 valence electrons. The lowest BCUT2D eigenvalue weighted by molar-refractivity contribution is 0.352. The smallest absolute Gasteiger partial charge is 0.193 e. The highest BCUT2D eigenvalue weighted by Crippen LogP contribution is 2.37. The van der Waals surface area contributed by atoms with Gasteiger partial charge in [0.1, 0.15) is 0 Å². The Bertz CT molecular complexity index is 671. The van der Waals surface area contributed by atoms with Crippen LogP contribution in [0.3, 0.4) is 0 Å². The van der Waals surface area contributed by atoms with Crippen LogP contribution in [0.5, 0.6) is 0 Å². The minimum atomic E-state index is 0.0483. The quantitative estimate of drug-likeness (QED) is 0.632. The van der Waals surface area contributed by atoms with Crippen molar-refractivity contribution in [3.8, 4) is 9.75 Å². The van der Waals surface area contributed by atoms with Crippen LogP contribution in [-0.4, -0.2) is 0 Å². The molecule has 0 bridgehead atoms. The molecule has 21 heavy (non-hydrogen) atoms. The van der Waals surface area contributed by atoms with Gasteiger partial charge in [-0.05, 0) is 30.9 Å². The van der Waals surface area contributed by atoms with E-state index in [0.29, 0.717) is 0 Å². The maximum absolute atomic E-state index is 11.4. The third-order valence-corrected chi connectivity index (χ3v) is 7.45. The molecule has 2 rings (SSSR count). The lowest BCUT2D eigenvalue weighted by Gasteiger charge is -2.21. The van der Waals surface area contributed by atoms with E-state index in [2.05, 4.69) is 20.8 Å². The van der Waals surface area contributed by atoms with Gasteiger partial charge in [0.25, 0.3) is 0 Å². The van der Waals surface area contributed by atoms with Gasteiger partial charge < -0.3 is 0 Å². The summed E-state index contributed by atoms with van der Waals surface area (Å²) < 4.78 is 22.7. The van der Waals surface area contributed by atoms with Gasteiger partial charge in [-0.1, -0.05) is 27.2 Å². The van der Waals surface area contributed by atoms with Crippen LogP contribution in [0, 0.1) is 12.3 Å². The summed E-state index contributed by atoms with van der Waals surface area (Å²) in [6.45, 7) is 8.66. The Morgan fingerprint density at radius 2 is 1.76 bits per heavy atom. The molecular weight excluding hydrogens is 338 g/mol. The molecule has 0 aliphatic carbocycles. The summed E-state index contributed by atoms with van der Waals surface area (Å²) in [5.41, 5.74) is 0.201. The van der Waals surface area contributed by atoms with E-state index in [0.717, 1.165) is 38.1 Å². The standard InChI is InChI=1S/C15H18O2P2S2/c1-5-15(3,4)8-13-10(18-16)7-12(21-13)14-11(19-17)6-9(2)20-14/h6-7H,5,8H2,1-4H3. The normalized spacial score (nSPS) is 12.4. The van der Waals surface area contributed by atoms with Crippen LogP contribution in [0.15, 0.2) is 12.1 Å². The third kappa shape index (κ3) is 3.87. The average molecular weight is 356 g/mol. The van der Waals surface area contributed by atoms with Crippen molar-refractivity contribution in [2.24, 2.45) is 5.41 Å². The molecular formula is C15H18O2P2S2. The largest absolute Gasteiger partial charge is 0.269 e. The second-order valence-electron chi connectivity index (χ2n) is 5.87. The zero-order valence-corrected chi connectivity index (χ0v) is 16.0. The Morgan fingerprint density at radius 3 is 2.33 bits per heavy atom. The molecule has 0 saturated carbocycles. The highest BCUT2D eigenvalue weighted by Gasteiger charge is 2.22. The molecule has 0 N–H and O–H groups in total. The van der Waals surface area contributed by atoms with Gasteiger partial charge in [0.15, 0.2) is 16.9 Å². The number of thiophene rings is 2. The van der Waals surface area contributed by atoms with Crippen molar-refractivity contribution in [1.82, 2.24) is 0 Å². The van der Waals surface area contributed by atoms with Crippen LogP contribution >= 0.6 is 39.6 Å². The van der Waals surface area contributed by atoms with Crippen LogP contribution in [-0.2, 0) is 15.6 Å². The van der Waals surface area contributed by atoms with Gasteiger partial charge in [-0.25, -0.2) is 0 Å². The number of hydrogen-bond acceptors (Lipinski definition) is 4. The minimum Gasteiger partial charge on any atom is -0.269 e. The van der Waals surface area contributed by atoms with Crippen LogP contribution in [0.1, 0.15) is 36.9 Å². The minimum absolute atomic E-state index is 0.0483. The molecule has 0 aromatic carbocycles. The molecule has 2 heterocycles. The first-order chi connectivity index (χ1) is 9.90. The van der Waals surface area contributed by atoms with E-state index in [1.807, 2.05) is 19.1 Å². The van der Waals surface area contributed by atoms with E-state index < -0.39 is 0 Å². The van der Waals surface area contributed by atoms with Crippen molar-refractivity contribution in [3.63, 3.8) is 0 Å². The molecule has 2 aromatic rings. The maximum atomic E-state index is 11.4. The first-order valence-electron chi connectivity index (χ1n) is 6.80. The van der Waals surface area contributed by atoms with E-state index in [4.69, 9.17) is 0 Å². The molecule has 0 spiro atoms. The van der Waals surface area contributed by atoms with Crippen LogP contribution in [0.4, 0.5) is 0 Å². The lowest BCUT2D eigenvalue weighted by Crippen LogP contribution is -2.15. The van der Waals surface area contributed by atoms with Gasteiger partial charge in [0, 0.05) is 14.6 Å². The first-order valence-corrected chi connectivity index (χ1v) is 10.1. The van der Waals surface area contributed by atoms with Gasteiger partial charge in [0.05, 0.1) is 15.5 Å². The third-order valence-electron chi connectivity index (χ3n) is 3.64. The van der Waals surface area contributed by atoms with Crippen LogP contribution in [0.25, 0.3) is 9.75 Å². The molecule has 0 radical (unpaired) electrons. The number of aryl methyl sites for hydroxylation is 1. The molecule has 2 aromatic heterocycles. The Morgan fingerprint density at radius 1 is 1.10 bits per heavy atom. The summed E-state index contributed by atoms with van der Waals surface area (Å²) in [6.07, 6.45) is 2.01. The molecule has 6 heteroatoms. The van der Waals surface area contributed by atoms with Crippen LogP contribution < -0.4 is 10.6 Å². The molecule has 2 nitrogen and oxygen atoms in total. The summed E-state index contributed by atoms with van der Waals surface area (Å²) in [5.74, 6) is 0. The Hall–Kier alpha value is -0.400. The van der Waals surface area contributed by atoms with Gasteiger partial charge in [-0.2, -0.15) is 0 Å². The summed E-state index contributed by atoms with van der Waals surface area (Å²) in [6, 6.07) is 3.94. The molecule has 0 atom stereocenters. The zero-order valence-electron chi connectivity index (χ0n) is 12.6. The topological polar surface area (TPSA) is 34.1 Å². The van der Waals surface area contributed by atoms with E-state index in [1.165, 1.54) is 4.88 Å². The fourth-order valence-electron chi connectivity index (χ4n) is 2.04. The second-order valence-corrected chi connectivity index (χ2v) is 9.59. The van der Waals surface area contributed by atoms with Crippen molar-refractivity contribution < 1.29 is 9.13 Å². The monoisotopic (exact) mass is 356 g/mol. The molecule has 0 unspecified atom stereocenters. The van der Waals surface area contributed by atoms with E-state index in [9.17, 15) is 9.13 Å². The van der Waals surface area contributed by atoms with E-state index in [-0.39, 0.29) is 22.3 Å². The summed E-state index contributed by atoms with van der Waals surface area (Å²) in [4.78, 5) is 4.44. The summed E-state index contributed by atoms with van der Waals surface area (Å²) >= 11 is 3.33. The fraction of sp³-hybridized carbons (Fsp3) is 0.467. The predicted octanol–water partition coefficient (Wildman–Crippen LogP) is 5.60. The summed E-state index contributed by atoms with van der Waals surface area (Å²) in [5, 5.41) is 1.70. The fourth-order valence-corrected chi connectivity index (χ4v) is 5.94. The van der Waals surface area contributed by atoms with Gasteiger partial charge in [-0.15, -0.1) is 22.7 Å².